The molecule has 0 amide bonds. The van der Waals surface area contributed by atoms with Crippen molar-refractivity contribution in [2.24, 2.45) is 0 Å². The largest absolute Gasteiger partial charge is 0.383 e. The molecule has 0 aliphatic heterocycles. The zero-order chi connectivity index (χ0) is 11.8. The van der Waals surface area contributed by atoms with E-state index in [1.165, 1.54) is 0 Å². The van der Waals surface area contributed by atoms with Crippen molar-refractivity contribution >= 4 is 23.2 Å². The lowest BCUT2D eigenvalue weighted by atomic mass is 10.1. The number of hydrogen-bond acceptors (Lipinski definition) is 2. The van der Waals surface area contributed by atoms with Crippen LogP contribution >= 0.6 is 23.2 Å². The number of hydrogen-bond donors (Lipinski definition) is 1. The Bertz CT molecular complexity index is 318. The highest BCUT2D eigenvalue weighted by atomic mass is 35.5. The Morgan fingerprint density at radius 1 is 1.25 bits per heavy atom. The van der Waals surface area contributed by atoms with Gasteiger partial charge in [0.05, 0.1) is 6.61 Å². The Morgan fingerprint density at radius 2 is 2.06 bits per heavy atom. The molecule has 0 bridgehead atoms. The van der Waals surface area contributed by atoms with Gasteiger partial charge >= 0.3 is 0 Å². The molecule has 0 aliphatic carbocycles. The molecule has 90 valence electrons. The lowest BCUT2D eigenvalue weighted by molar-refractivity contribution is 0.199. The molecule has 0 radical (unpaired) electrons. The smallest absolute Gasteiger partial charge is 0.0587 e. The monoisotopic (exact) mass is 261 g/mol. The van der Waals surface area contributed by atoms with Crippen molar-refractivity contribution in [2.45, 2.75) is 12.8 Å². The maximum absolute atomic E-state index is 6.07. The SMILES string of the molecule is COCCNCCCc1ccc(Cl)cc1Cl. The van der Waals surface area contributed by atoms with Crippen molar-refractivity contribution in [3.05, 3.63) is 33.8 Å². The van der Waals surface area contributed by atoms with E-state index < -0.39 is 0 Å². The van der Waals surface area contributed by atoms with Gasteiger partial charge < -0.3 is 10.1 Å². The fourth-order valence-corrected chi connectivity index (χ4v) is 1.93. The topological polar surface area (TPSA) is 21.3 Å². The molecular formula is C12H17Cl2NO. The van der Waals surface area contributed by atoms with E-state index in [4.69, 9.17) is 27.9 Å². The second-order valence-corrected chi connectivity index (χ2v) is 4.43. The van der Waals surface area contributed by atoms with Crippen LogP contribution in [0.4, 0.5) is 0 Å². The van der Waals surface area contributed by atoms with E-state index in [9.17, 15) is 0 Å². The lowest BCUT2D eigenvalue weighted by Crippen LogP contribution is -2.20. The maximum Gasteiger partial charge on any atom is 0.0587 e. The first-order valence-electron chi connectivity index (χ1n) is 5.37. The zero-order valence-corrected chi connectivity index (χ0v) is 10.9. The average Bonchev–Trinajstić information content (AvgIpc) is 2.26. The van der Waals surface area contributed by atoms with Crippen LogP contribution in [0.1, 0.15) is 12.0 Å². The summed E-state index contributed by atoms with van der Waals surface area (Å²) in [6.45, 7) is 2.62. The molecule has 0 saturated heterocycles. The van der Waals surface area contributed by atoms with Crippen molar-refractivity contribution < 1.29 is 4.74 Å². The number of methoxy groups -OCH3 is 1. The summed E-state index contributed by atoms with van der Waals surface area (Å²) in [4.78, 5) is 0. The van der Waals surface area contributed by atoms with E-state index in [0.29, 0.717) is 5.02 Å². The summed E-state index contributed by atoms with van der Waals surface area (Å²) in [5.41, 5.74) is 1.15. The van der Waals surface area contributed by atoms with E-state index in [1.807, 2.05) is 12.1 Å². The van der Waals surface area contributed by atoms with Crippen molar-refractivity contribution in [1.29, 1.82) is 0 Å². The van der Waals surface area contributed by atoms with Gasteiger partial charge in [0.1, 0.15) is 0 Å². The van der Waals surface area contributed by atoms with Crippen LogP contribution in [0.25, 0.3) is 0 Å². The number of benzene rings is 1. The quantitative estimate of drug-likeness (QED) is 0.762. The molecule has 0 aliphatic rings. The third kappa shape index (κ3) is 5.17. The summed E-state index contributed by atoms with van der Waals surface area (Å²) in [6.07, 6.45) is 2.03. The van der Waals surface area contributed by atoms with Crippen LogP contribution in [-0.4, -0.2) is 26.8 Å². The molecule has 0 aromatic heterocycles. The molecule has 2 nitrogen and oxygen atoms in total. The fourth-order valence-electron chi connectivity index (χ4n) is 1.43. The predicted molar refractivity (Wildman–Crippen MR) is 69.5 cm³/mol. The van der Waals surface area contributed by atoms with Gasteiger partial charge in [-0.25, -0.2) is 0 Å². The highest BCUT2D eigenvalue weighted by Crippen LogP contribution is 2.21. The van der Waals surface area contributed by atoms with Crippen LogP contribution in [-0.2, 0) is 11.2 Å². The van der Waals surface area contributed by atoms with Gasteiger partial charge in [0.15, 0.2) is 0 Å². The highest BCUT2D eigenvalue weighted by molar-refractivity contribution is 6.35. The third-order valence-electron chi connectivity index (χ3n) is 2.30. The van der Waals surface area contributed by atoms with Gasteiger partial charge in [-0.05, 0) is 37.1 Å². The van der Waals surface area contributed by atoms with Crippen LogP contribution in [0.2, 0.25) is 10.0 Å². The predicted octanol–water partition coefficient (Wildman–Crippen LogP) is 3.16. The van der Waals surface area contributed by atoms with Crippen LogP contribution < -0.4 is 5.32 Å². The summed E-state index contributed by atoms with van der Waals surface area (Å²) in [6, 6.07) is 5.65. The second-order valence-electron chi connectivity index (χ2n) is 3.58. The summed E-state index contributed by atoms with van der Waals surface area (Å²) in [7, 11) is 1.70. The van der Waals surface area contributed by atoms with Gasteiger partial charge in [0.2, 0.25) is 0 Å². The number of ether oxygens (including phenoxy) is 1. The first-order valence-corrected chi connectivity index (χ1v) is 6.13. The minimum atomic E-state index is 0.687. The number of nitrogens with one attached hydrogen (secondary N) is 1. The van der Waals surface area contributed by atoms with Crippen LogP contribution in [0.5, 0.6) is 0 Å². The Hall–Kier alpha value is -0.280. The van der Waals surface area contributed by atoms with E-state index in [-0.39, 0.29) is 0 Å². The second kappa shape index (κ2) is 7.91. The molecule has 0 spiro atoms. The van der Waals surface area contributed by atoms with E-state index in [2.05, 4.69) is 5.32 Å². The molecule has 1 aromatic rings. The normalized spacial score (nSPS) is 10.7. The van der Waals surface area contributed by atoms with Crippen molar-refractivity contribution in [3.63, 3.8) is 0 Å². The van der Waals surface area contributed by atoms with Crippen LogP contribution in [0, 0.1) is 0 Å². The van der Waals surface area contributed by atoms with Crippen LogP contribution in [0.3, 0.4) is 0 Å². The fraction of sp³-hybridized carbons (Fsp3) is 0.500. The standard InChI is InChI=1S/C12H17Cl2NO/c1-16-8-7-15-6-2-3-10-4-5-11(13)9-12(10)14/h4-5,9,15H,2-3,6-8H2,1H3. The Labute approximate surface area is 107 Å². The van der Waals surface area contributed by atoms with Gasteiger partial charge in [-0.15, -0.1) is 0 Å². The molecular weight excluding hydrogens is 245 g/mol. The Balaban J connectivity index is 2.21. The molecule has 1 rings (SSSR count). The molecule has 0 heterocycles. The molecule has 0 atom stereocenters. The van der Waals surface area contributed by atoms with E-state index in [1.54, 1.807) is 13.2 Å². The molecule has 4 heteroatoms. The molecule has 0 fully saturated rings. The molecule has 0 saturated carbocycles. The zero-order valence-electron chi connectivity index (χ0n) is 9.43. The van der Waals surface area contributed by atoms with E-state index >= 15 is 0 Å². The van der Waals surface area contributed by atoms with Crippen molar-refractivity contribution in [3.8, 4) is 0 Å². The van der Waals surface area contributed by atoms with Gasteiger partial charge in [-0.2, -0.15) is 0 Å². The molecule has 1 N–H and O–H groups in total. The van der Waals surface area contributed by atoms with Gasteiger partial charge in [0, 0.05) is 23.7 Å². The summed E-state index contributed by atoms with van der Waals surface area (Å²) < 4.78 is 4.94. The average molecular weight is 262 g/mol. The summed E-state index contributed by atoms with van der Waals surface area (Å²) in [5, 5.41) is 4.73. The first-order chi connectivity index (χ1) is 7.74. The summed E-state index contributed by atoms with van der Waals surface area (Å²) in [5.74, 6) is 0. The number of aryl methyl sites for hydroxylation is 1. The Morgan fingerprint density at radius 3 is 2.75 bits per heavy atom. The third-order valence-corrected chi connectivity index (χ3v) is 2.88. The first kappa shape index (κ1) is 13.8. The van der Waals surface area contributed by atoms with Gasteiger partial charge in [0.25, 0.3) is 0 Å². The van der Waals surface area contributed by atoms with Crippen LogP contribution in [0.15, 0.2) is 18.2 Å². The van der Waals surface area contributed by atoms with Gasteiger partial charge in [-0.1, -0.05) is 29.3 Å². The van der Waals surface area contributed by atoms with Crippen molar-refractivity contribution in [1.82, 2.24) is 5.32 Å². The number of rotatable bonds is 7. The molecule has 16 heavy (non-hydrogen) atoms. The van der Waals surface area contributed by atoms with Crippen molar-refractivity contribution in [2.75, 3.05) is 26.8 Å². The highest BCUT2D eigenvalue weighted by Gasteiger charge is 2.00. The van der Waals surface area contributed by atoms with E-state index in [0.717, 1.165) is 43.1 Å². The Kier molecular flexibility index (Phi) is 6.81. The minimum Gasteiger partial charge on any atom is -0.383 e. The van der Waals surface area contributed by atoms with Gasteiger partial charge in [-0.3, -0.25) is 0 Å². The summed E-state index contributed by atoms with van der Waals surface area (Å²) >= 11 is 11.9. The molecule has 1 aromatic carbocycles. The minimum absolute atomic E-state index is 0.687. The number of halogens is 2. The lowest BCUT2D eigenvalue weighted by Gasteiger charge is -2.06. The molecule has 0 unspecified atom stereocenters. The maximum atomic E-state index is 6.07.